The van der Waals surface area contributed by atoms with Gasteiger partial charge in [0.1, 0.15) is 16.9 Å². The monoisotopic (exact) mass is 318 g/mol. The molecule has 0 N–H and O–H groups in total. The van der Waals surface area contributed by atoms with Crippen molar-refractivity contribution in [2.24, 2.45) is 0 Å². The van der Waals surface area contributed by atoms with Crippen LogP contribution in [0.25, 0.3) is 0 Å². The Morgan fingerprint density at radius 1 is 1.38 bits per heavy atom. The molecule has 1 aromatic rings. The van der Waals surface area contributed by atoms with Crippen molar-refractivity contribution in [3.63, 3.8) is 0 Å². The molecule has 0 aliphatic rings. The zero-order valence-electron chi connectivity index (χ0n) is 11.4. The maximum absolute atomic E-state index is 11.7. The summed E-state index contributed by atoms with van der Waals surface area (Å²) in [6.07, 6.45) is 1.47. The molecule has 0 aliphatic carbocycles. The fourth-order valence-electron chi connectivity index (χ4n) is 1.33. The second-order valence-electron chi connectivity index (χ2n) is 3.88. The molecule has 0 fully saturated rings. The van der Waals surface area contributed by atoms with Gasteiger partial charge in [0.15, 0.2) is 0 Å². The van der Waals surface area contributed by atoms with Gasteiger partial charge in [0, 0.05) is 26.2 Å². The van der Waals surface area contributed by atoms with E-state index >= 15 is 0 Å². The first-order valence-corrected chi connectivity index (χ1v) is 6.47. The molecule has 0 amide bonds. The van der Waals surface area contributed by atoms with E-state index in [4.69, 9.17) is 25.8 Å². The van der Waals surface area contributed by atoms with Crippen molar-refractivity contribution in [3.05, 3.63) is 33.1 Å². The average molecular weight is 319 g/mol. The predicted molar refractivity (Wildman–Crippen MR) is 73.5 cm³/mol. The number of carbonyl (C=O) groups is 1. The number of rotatable bonds is 9. The van der Waals surface area contributed by atoms with Crippen LogP contribution >= 0.6 is 11.6 Å². The number of halogens is 1. The number of nitro groups is 1. The molecule has 0 saturated carbocycles. The van der Waals surface area contributed by atoms with E-state index < -0.39 is 10.9 Å². The number of ether oxygens (including phenoxy) is 3. The second kappa shape index (κ2) is 9.22. The zero-order valence-corrected chi connectivity index (χ0v) is 12.2. The summed E-state index contributed by atoms with van der Waals surface area (Å²) in [5, 5.41) is 10.5. The Morgan fingerprint density at radius 3 is 2.81 bits per heavy atom. The van der Waals surface area contributed by atoms with Gasteiger partial charge in [-0.05, 0) is 0 Å². The average Bonchev–Trinajstić information content (AvgIpc) is 2.46. The lowest BCUT2D eigenvalue weighted by Crippen LogP contribution is -2.11. The van der Waals surface area contributed by atoms with Gasteiger partial charge in [0.05, 0.1) is 24.7 Å². The lowest BCUT2D eigenvalue weighted by Gasteiger charge is -2.06. The molecule has 21 heavy (non-hydrogen) atoms. The molecule has 0 aromatic carbocycles. The third kappa shape index (κ3) is 6.03. The summed E-state index contributed by atoms with van der Waals surface area (Å²) >= 11 is 5.72. The fourth-order valence-corrected chi connectivity index (χ4v) is 1.51. The van der Waals surface area contributed by atoms with Gasteiger partial charge >= 0.3 is 5.97 Å². The lowest BCUT2D eigenvalue weighted by molar-refractivity contribution is -0.385. The minimum atomic E-state index is -0.756. The van der Waals surface area contributed by atoms with Gasteiger partial charge in [0.2, 0.25) is 0 Å². The van der Waals surface area contributed by atoms with Crippen LogP contribution in [-0.4, -0.2) is 49.4 Å². The van der Waals surface area contributed by atoms with E-state index in [9.17, 15) is 14.9 Å². The summed E-state index contributed by atoms with van der Waals surface area (Å²) in [4.78, 5) is 25.3. The number of methoxy groups -OCH3 is 1. The Morgan fingerprint density at radius 2 is 2.14 bits per heavy atom. The van der Waals surface area contributed by atoms with Crippen LogP contribution < -0.4 is 0 Å². The third-order valence-corrected chi connectivity index (χ3v) is 2.65. The van der Waals surface area contributed by atoms with Gasteiger partial charge in [-0.2, -0.15) is 0 Å². The number of carbonyl (C=O) groups excluding carboxylic acids is 1. The van der Waals surface area contributed by atoms with E-state index in [-0.39, 0.29) is 23.0 Å². The summed E-state index contributed by atoms with van der Waals surface area (Å²) in [5.74, 6) is -0.756. The summed E-state index contributed by atoms with van der Waals surface area (Å²) in [7, 11) is 1.57. The number of nitrogens with zero attached hydrogens (tertiary/aromatic N) is 2. The Kier molecular flexibility index (Phi) is 7.59. The van der Waals surface area contributed by atoms with Crippen LogP contribution in [0.2, 0.25) is 5.15 Å². The van der Waals surface area contributed by atoms with Gasteiger partial charge < -0.3 is 14.2 Å². The first-order chi connectivity index (χ1) is 10.1. The van der Waals surface area contributed by atoms with Gasteiger partial charge in [-0.15, -0.1) is 0 Å². The normalized spacial score (nSPS) is 10.4. The molecule has 0 unspecified atom stereocenters. The van der Waals surface area contributed by atoms with Crippen molar-refractivity contribution >= 4 is 23.3 Å². The molecule has 116 valence electrons. The SMILES string of the molecule is COCCOCCCOC(=O)c1cc([N+](=O)[O-])cnc1Cl. The molecule has 0 saturated heterocycles. The maximum Gasteiger partial charge on any atom is 0.341 e. The highest BCUT2D eigenvalue weighted by molar-refractivity contribution is 6.32. The molecule has 0 aliphatic heterocycles. The van der Waals surface area contributed by atoms with Gasteiger partial charge in [0.25, 0.3) is 5.69 Å². The maximum atomic E-state index is 11.7. The highest BCUT2D eigenvalue weighted by Gasteiger charge is 2.18. The van der Waals surface area contributed by atoms with Gasteiger partial charge in [-0.1, -0.05) is 11.6 Å². The van der Waals surface area contributed by atoms with Crippen LogP contribution in [0.3, 0.4) is 0 Å². The van der Waals surface area contributed by atoms with Gasteiger partial charge in [-0.25, -0.2) is 9.78 Å². The van der Waals surface area contributed by atoms with E-state index in [1.54, 1.807) is 7.11 Å². The molecular formula is C12H15ClN2O6. The minimum Gasteiger partial charge on any atom is -0.462 e. The molecule has 1 heterocycles. The third-order valence-electron chi connectivity index (χ3n) is 2.35. The summed E-state index contributed by atoms with van der Waals surface area (Å²) in [5.41, 5.74) is -0.458. The van der Waals surface area contributed by atoms with Crippen molar-refractivity contribution < 1.29 is 23.9 Å². The van der Waals surface area contributed by atoms with Crippen LogP contribution in [0.15, 0.2) is 12.3 Å². The van der Waals surface area contributed by atoms with Gasteiger partial charge in [-0.3, -0.25) is 10.1 Å². The van der Waals surface area contributed by atoms with Crippen LogP contribution in [0.1, 0.15) is 16.8 Å². The highest BCUT2D eigenvalue weighted by Crippen LogP contribution is 2.19. The van der Waals surface area contributed by atoms with Crippen LogP contribution in [-0.2, 0) is 14.2 Å². The van der Waals surface area contributed by atoms with E-state index in [2.05, 4.69) is 4.98 Å². The van der Waals surface area contributed by atoms with E-state index in [0.717, 1.165) is 12.3 Å². The molecule has 1 rings (SSSR count). The molecule has 9 heteroatoms. The Bertz CT molecular complexity index is 497. The number of hydrogen-bond donors (Lipinski definition) is 0. The number of hydrogen-bond acceptors (Lipinski definition) is 7. The summed E-state index contributed by atoms with van der Waals surface area (Å²) in [6, 6.07) is 1.03. The Hall–Kier alpha value is -1.77. The first kappa shape index (κ1) is 17.3. The molecular weight excluding hydrogens is 304 g/mol. The fraction of sp³-hybridized carbons (Fsp3) is 0.500. The van der Waals surface area contributed by atoms with E-state index in [1.165, 1.54) is 0 Å². The topological polar surface area (TPSA) is 101 Å². The van der Waals surface area contributed by atoms with Crippen LogP contribution in [0.5, 0.6) is 0 Å². The molecule has 0 radical (unpaired) electrons. The van der Waals surface area contributed by atoms with Crippen molar-refractivity contribution in [2.45, 2.75) is 6.42 Å². The van der Waals surface area contributed by atoms with E-state index in [1.807, 2.05) is 0 Å². The summed E-state index contributed by atoms with van der Waals surface area (Å²) < 4.78 is 14.9. The van der Waals surface area contributed by atoms with E-state index in [0.29, 0.717) is 26.2 Å². The largest absolute Gasteiger partial charge is 0.462 e. The van der Waals surface area contributed by atoms with Crippen LogP contribution in [0, 0.1) is 10.1 Å². The minimum absolute atomic E-state index is 0.116. The molecule has 1 aromatic heterocycles. The lowest BCUT2D eigenvalue weighted by atomic mass is 10.2. The zero-order chi connectivity index (χ0) is 15.7. The second-order valence-corrected chi connectivity index (χ2v) is 4.24. The Balaban J connectivity index is 2.41. The number of aromatic nitrogens is 1. The summed E-state index contributed by atoms with van der Waals surface area (Å²) in [6.45, 7) is 1.49. The number of esters is 1. The molecule has 0 spiro atoms. The van der Waals surface area contributed by atoms with Crippen LogP contribution in [0.4, 0.5) is 5.69 Å². The molecule has 8 nitrogen and oxygen atoms in total. The first-order valence-electron chi connectivity index (χ1n) is 6.10. The smallest absolute Gasteiger partial charge is 0.341 e. The van der Waals surface area contributed by atoms with Crippen molar-refractivity contribution in [1.82, 2.24) is 4.98 Å². The Labute approximate surface area is 126 Å². The number of pyridine rings is 1. The van der Waals surface area contributed by atoms with Crippen molar-refractivity contribution in [1.29, 1.82) is 0 Å². The molecule has 0 bridgehead atoms. The van der Waals surface area contributed by atoms with Crippen molar-refractivity contribution in [3.8, 4) is 0 Å². The molecule has 0 atom stereocenters. The quantitative estimate of drug-likeness (QED) is 0.225. The standard InChI is InChI=1S/C12H15ClN2O6/c1-19-5-6-20-3-2-4-21-12(16)10-7-9(15(17)18)8-14-11(10)13/h7-8H,2-6H2,1H3. The highest BCUT2D eigenvalue weighted by atomic mass is 35.5. The predicted octanol–water partition coefficient (Wildman–Crippen LogP) is 1.85. The van der Waals surface area contributed by atoms with Crippen molar-refractivity contribution in [2.75, 3.05) is 33.5 Å².